The Balaban J connectivity index is 1.27. The molecule has 2 aliphatic rings. The molecule has 1 spiro atoms. The lowest BCUT2D eigenvalue weighted by atomic mass is 9.92. The summed E-state index contributed by atoms with van der Waals surface area (Å²) >= 11 is 1.27. The number of aromatic nitrogens is 1. The van der Waals surface area contributed by atoms with Gasteiger partial charge in [-0.25, -0.2) is 9.78 Å². The highest BCUT2D eigenvalue weighted by atomic mass is 32.1. The molecule has 0 radical (unpaired) electrons. The Bertz CT molecular complexity index is 1220. The predicted molar refractivity (Wildman–Crippen MR) is 119 cm³/mol. The number of aryl methyl sites for hydroxylation is 1. The molecule has 0 saturated carbocycles. The van der Waals surface area contributed by atoms with E-state index >= 15 is 0 Å². The van der Waals surface area contributed by atoms with Crippen molar-refractivity contribution < 1.29 is 19.1 Å². The number of rotatable bonds is 5. The fourth-order valence-electron chi connectivity index (χ4n) is 4.26. The highest BCUT2D eigenvalue weighted by molar-refractivity contribution is 7.14. The van der Waals surface area contributed by atoms with Gasteiger partial charge in [-0.2, -0.15) is 0 Å². The van der Waals surface area contributed by atoms with Crippen LogP contribution < -0.4 is 15.4 Å². The molecule has 1 aliphatic carbocycles. The first-order valence-corrected chi connectivity index (χ1v) is 11.0. The summed E-state index contributed by atoms with van der Waals surface area (Å²) in [6, 6.07) is 14.5. The second-order valence-electron chi connectivity index (χ2n) is 7.70. The lowest BCUT2D eigenvalue weighted by Gasteiger charge is -2.22. The van der Waals surface area contributed by atoms with Crippen molar-refractivity contribution >= 4 is 34.3 Å². The molecule has 2 aromatic carbocycles. The van der Waals surface area contributed by atoms with Gasteiger partial charge in [-0.1, -0.05) is 24.3 Å². The zero-order valence-electron chi connectivity index (χ0n) is 17.3. The highest BCUT2D eigenvalue weighted by Crippen LogP contribution is 2.41. The van der Waals surface area contributed by atoms with E-state index in [1.165, 1.54) is 11.3 Å². The van der Waals surface area contributed by atoms with Crippen molar-refractivity contribution in [2.45, 2.75) is 18.4 Å². The number of imide groups is 1. The molecule has 3 aromatic rings. The number of nitrogens with one attached hydrogen (secondary N) is 2. The maximum Gasteiger partial charge on any atom is 0.325 e. The zero-order chi connectivity index (χ0) is 22.3. The van der Waals surface area contributed by atoms with Crippen molar-refractivity contribution in [2.24, 2.45) is 0 Å². The summed E-state index contributed by atoms with van der Waals surface area (Å²) in [5.74, 6) is -0.123. The van der Waals surface area contributed by atoms with Crippen LogP contribution in [0.25, 0.3) is 11.3 Å². The SMILES string of the molecule is COc1ccc(-c2csc(NC(=O)CN3C(=O)N[C@]4(CCc5ccccc54)C3=O)n2)cc1. The number of ether oxygens (including phenoxy) is 1. The van der Waals surface area contributed by atoms with Crippen LogP contribution in [0.2, 0.25) is 0 Å². The molecule has 0 unspecified atom stereocenters. The van der Waals surface area contributed by atoms with Crippen molar-refractivity contribution in [1.29, 1.82) is 0 Å². The van der Waals surface area contributed by atoms with E-state index in [9.17, 15) is 14.4 Å². The van der Waals surface area contributed by atoms with E-state index in [1.54, 1.807) is 7.11 Å². The number of methoxy groups -OCH3 is 1. The quantitative estimate of drug-likeness (QED) is 0.584. The van der Waals surface area contributed by atoms with Crippen LogP contribution in [0, 0.1) is 0 Å². The first-order valence-electron chi connectivity index (χ1n) is 10.1. The topological polar surface area (TPSA) is 101 Å². The fraction of sp³-hybridized carbons (Fsp3) is 0.217. The number of carbonyl (C=O) groups excluding carboxylic acids is 3. The van der Waals surface area contributed by atoms with Crippen LogP contribution in [-0.2, 0) is 21.5 Å². The fourth-order valence-corrected chi connectivity index (χ4v) is 5.00. The van der Waals surface area contributed by atoms with Gasteiger partial charge in [-0.3, -0.25) is 14.5 Å². The molecule has 4 amide bonds. The molecule has 1 aromatic heterocycles. The Morgan fingerprint density at radius 1 is 1.22 bits per heavy atom. The Labute approximate surface area is 188 Å². The van der Waals surface area contributed by atoms with E-state index in [-0.39, 0.29) is 12.5 Å². The number of urea groups is 1. The van der Waals surface area contributed by atoms with Crippen molar-refractivity contribution in [3.8, 4) is 17.0 Å². The summed E-state index contributed by atoms with van der Waals surface area (Å²) in [7, 11) is 1.60. The molecule has 1 aliphatic heterocycles. The lowest BCUT2D eigenvalue weighted by molar-refractivity contribution is -0.134. The molecule has 32 heavy (non-hydrogen) atoms. The van der Waals surface area contributed by atoms with Crippen LogP contribution in [0.1, 0.15) is 17.5 Å². The van der Waals surface area contributed by atoms with Crippen LogP contribution in [0.5, 0.6) is 5.75 Å². The first-order chi connectivity index (χ1) is 15.5. The lowest BCUT2D eigenvalue weighted by Crippen LogP contribution is -2.42. The summed E-state index contributed by atoms with van der Waals surface area (Å²) in [6.07, 6.45) is 1.20. The number of hydrogen-bond acceptors (Lipinski definition) is 6. The van der Waals surface area contributed by atoms with Gasteiger partial charge in [-0.15, -0.1) is 11.3 Å². The van der Waals surface area contributed by atoms with Crippen LogP contribution in [0.4, 0.5) is 9.93 Å². The summed E-state index contributed by atoms with van der Waals surface area (Å²) in [5, 5.41) is 7.74. The number of hydrogen-bond donors (Lipinski definition) is 2. The molecule has 0 bridgehead atoms. The van der Waals surface area contributed by atoms with Crippen LogP contribution in [0.15, 0.2) is 53.9 Å². The van der Waals surface area contributed by atoms with Gasteiger partial charge < -0.3 is 15.4 Å². The van der Waals surface area contributed by atoms with Gasteiger partial charge in [0.2, 0.25) is 5.91 Å². The standard InChI is InChI=1S/C23H20N4O4S/c1-31-16-8-6-15(7-9-16)18-13-32-21(24-18)25-19(28)12-27-20(29)23(26-22(27)30)11-10-14-4-2-3-5-17(14)23/h2-9,13H,10-12H2,1H3,(H,26,30)(H,24,25,28)/t23-/m0/s1. The molecule has 5 rings (SSSR count). The van der Waals surface area contributed by atoms with Crippen molar-refractivity contribution in [1.82, 2.24) is 15.2 Å². The molecule has 1 atom stereocenters. The summed E-state index contributed by atoms with van der Waals surface area (Å²) in [6.45, 7) is -0.369. The minimum atomic E-state index is -1.07. The van der Waals surface area contributed by atoms with E-state index in [0.29, 0.717) is 23.7 Å². The number of benzene rings is 2. The van der Waals surface area contributed by atoms with Gasteiger partial charge in [0.15, 0.2) is 5.13 Å². The minimum absolute atomic E-state index is 0.369. The molecular formula is C23H20N4O4S. The smallest absolute Gasteiger partial charge is 0.325 e. The van der Waals surface area contributed by atoms with Crippen molar-refractivity contribution in [3.05, 3.63) is 65.0 Å². The van der Waals surface area contributed by atoms with E-state index in [1.807, 2.05) is 53.9 Å². The second kappa shape index (κ2) is 7.76. The number of thiazole rings is 1. The average molecular weight is 449 g/mol. The maximum atomic E-state index is 13.2. The maximum absolute atomic E-state index is 13.2. The third-order valence-corrected chi connectivity index (χ3v) is 6.62. The Morgan fingerprint density at radius 2 is 2.00 bits per heavy atom. The molecule has 1 fully saturated rings. The van der Waals surface area contributed by atoms with E-state index in [2.05, 4.69) is 15.6 Å². The van der Waals surface area contributed by atoms with Crippen molar-refractivity contribution in [2.75, 3.05) is 19.0 Å². The first kappa shape index (κ1) is 20.2. The molecule has 2 heterocycles. The van der Waals surface area contributed by atoms with Gasteiger partial charge >= 0.3 is 6.03 Å². The van der Waals surface area contributed by atoms with E-state index in [4.69, 9.17) is 4.74 Å². The second-order valence-corrected chi connectivity index (χ2v) is 8.56. The molecule has 9 heteroatoms. The summed E-state index contributed by atoms with van der Waals surface area (Å²) in [5.41, 5.74) is 2.38. The van der Waals surface area contributed by atoms with Gasteiger partial charge in [0, 0.05) is 10.9 Å². The summed E-state index contributed by atoms with van der Waals surface area (Å²) in [4.78, 5) is 43.8. The average Bonchev–Trinajstić information content (AvgIpc) is 3.48. The zero-order valence-corrected chi connectivity index (χ0v) is 18.1. The van der Waals surface area contributed by atoms with Gasteiger partial charge in [0.1, 0.15) is 17.8 Å². The van der Waals surface area contributed by atoms with Crippen molar-refractivity contribution in [3.63, 3.8) is 0 Å². The number of nitrogens with zero attached hydrogens (tertiary/aromatic N) is 2. The number of amides is 4. The van der Waals surface area contributed by atoms with Gasteiger partial charge in [0.05, 0.1) is 12.8 Å². The third-order valence-electron chi connectivity index (χ3n) is 5.86. The minimum Gasteiger partial charge on any atom is -0.497 e. The third kappa shape index (κ3) is 3.31. The van der Waals surface area contributed by atoms with Crippen LogP contribution in [-0.4, -0.2) is 41.4 Å². The molecular weight excluding hydrogens is 428 g/mol. The summed E-state index contributed by atoms with van der Waals surface area (Å²) < 4.78 is 5.16. The normalized spacial score (nSPS) is 19.2. The Kier molecular flexibility index (Phi) is 4.90. The van der Waals surface area contributed by atoms with Gasteiger partial charge in [-0.05, 0) is 48.2 Å². The largest absolute Gasteiger partial charge is 0.497 e. The molecule has 1 saturated heterocycles. The van der Waals surface area contributed by atoms with Gasteiger partial charge in [0.25, 0.3) is 5.91 Å². The number of carbonyl (C=O) groups is 3. The predicted octanol–water partition coefficient (Wildman–Crippen LogP) is 3.15. The van der Waals surface area contributed by atoms with Crippen LogP contribution >= 0.6 is 11.3 Å². The van der Waals surface area contributed by atoms with Crippen LogP contribution in [0.3, 0.4) is 0 Å². The van der Waals surface area contributed by atoms with E-state index in [0.717, 1.165) is 27.3 Å². The number of fused-ring (bicyclic) bond motifs is 2. The molecule has 162 valence electrons. The Hall–Kier alpha value is -3.72. The number of anilines is 1. The Morgan fingerprint density at radius 3 is 2.78 bits per heavy atom. The molecule has 8 nitrogen and oxygen atoms in total. The highest BCUT2D eigenvalue weighted by Gasteiger charge is 2.55. The monoisotopic (exact) mass is 448 g/mol. The van der Waals surface area contributed by atoms with E-state index < -0.39 is 17.5 Å². The molecule has 2 N–H and O–H groups in total.